The fourth-order valence-electron chi connectivity index (χ4n) is 2.38. The number of likely N-dealkylation sites (N-methyl/N-ethyl adjacent to an activating group) is 1. The fourth-order valence-corrected chi connectivity index (χ4v) is 2.53. The first-order valence-corrected chi connectivity index (χ1v) is 6.83. The van der Waals surface area contributed by atoms with E-state index >= 15 is 0 Å². The topological polar surface area (TPSA) is 23.6 Å². The smallest absolute Gasteiger partial charge is 0.235 e. The molecule has 2 rings (SSSR count). The molecule has 0 saturated carbocycles. The van der Waals surface area contributed by atoms with Gasteiger partial charge in [0.05, 0.1) is 11.3 Å². The van der Waals surface area contributed by atoms with Crippen molar-refractivity contribution in [3.63, 3.8) is 0 Å². The molecule has 0 aliphatic carbocycles. The molecule has 0 spiro atoms. The molecule has 1 aliphatic rings. The van der Waals surface area contributed by atoms with Gasteiger partial charge >= 0.3 is 0 Å². The highest BCUT2D eigenvalue weighted by atomic mass is 32.1. The Morgan fingerprint density at radius 1 is 1.33 bits per heavy atom. The van der Waals surface area contributed by atoms with Crippen molar-refractivity contribution in [2.45, 2.75) is 18.2 Å². The second-order valence-electron chi connectivity index (χ2n) is 4.90. The number of carbonyl (C=O) groups excluding carboxylic acids is 1. The maximum Gasteiger partial charge on any atom is 0.235 e. The standard InChI is InChI=1S/C14H20N2OS/c1-11(18)14(17)16-9-8-15(2)10-13(16)12-6-4-3-5-7-12/h3-7,11,13,18H,8-10H2,1-2H3. The highest BCUT2D eigenvalue weighted by Gasteiger charge is 2.31. The van der Waals surface area contributed by atoms with Crippen molar-refractivity contribution in [3.8, 4) is 0 Å². The molecule has 1 aromatic carbocycles. The summed E-state index contributed by atoms with van der Waals surface area (Å²) in [6.45, 7) is 4.43. The molecular formula is C14H20N2OS. The number of carbonyl (C=O) groups is 1. The number of piperazine rings is 1. The lowest BCUT2D eigenvalue weighted by Crippen LogP contribution is -2.51. The third kappa shape index (κ3) is 2.87. The highest BCUT2D eigenvalue weighted by molar-refractivity contribution is 7.81. The molecule has 3 nitrogen and oxygen atoms in total. The molecule has 1 amide bonds. The first-order valence-electron chi connectivity index (χ1n) is 6.31. The van der Waals surface area contributed by atoms with Gasteiger partial charge in [0.1, 0.15) is 0 Å². The zero-order valence-corrected chi connectivity index (χ0v) is 11.8. The number of hydrogen-bond acceptors (Lipinski definition) is 3. The molecule has 0 bridgehead atoms. The minimum Gasteiger partial charge on any atom is -0.332 e. The third-order valence-corrected chi connectivity index (χ3v) is 3.63. The van der Waals surface area contributed by atoms with Gasteiger partial charge in [0.2, 0.25) is 5.91 Å². The molecule has 1 aromatic rings. The summed E-state index contributed by atoms with van der Waals surface area (Å²) >= 11 is 4.27. The van der Waals surface area contributed by atoms with Crippen LogP contribution < -0.4 is 0 Å². The summed E-state index contributed by atoms with van der Waals surface area (Å²) in [6, 6.07) is 10.4. The summed E-state index contributed by atoms with van der Waals surface area (Å²) in [4.78, 5) is 16.5. The minimum absolute atomic E-state index is 0.125. The molecular weight excluding hydrogens is 244 g/mol. The van der Waals surface area contributed by atoms with Gasteiger partial charge in [-0.05, 0) is 19.5 Å². The van der Waals surface area contributed by atoms with Crippen molar-refractivity contribution >= 4 is 18.5 Å². The number of benzene rings is 1. The van der Waals surface area contributed by atoms with E-state index in [9.17, 15) is 4.79 Å². The zero-order valence-electron chi connectivity index (χ0n) is 10.9. The van der Waals surface area contributed by atoms with Crippen molar-refractivity contribution in [2.24, 2.45) is 0 Å². The molecule has 0 N–H and O–H groups in total. The van der Waals surface area contributed by atoms with Crippen LogP contribution in [0.5, 0.6) is 0 Å². The van der Waals surface area contributed by atoms with E-state index in [-0.39, 0.29) is 17.2 Å². The SMILES string of the molecule is CC(S)C(=O)N1CCN(C)CC1c1ccccc1. The summed E-state index contributed by atoms with van der Waals surface area (Å²) in [5.41, 5.74) is 1.20. The highest BCUT2D eigenvalue weighted by Crippen LogP contribution is 2.25. The average Bonchev–Trinajstić information content (AvgIpc) is 2.39. The summed E-state index contributed by atoms with van der Waals surface area (Å²) in [7, 11) is 2.10. The second-order valence-corrected chi connectivity index (χ2v) is 5.67. The predicted molar refractivity (Wildman–Crippen MR) is 76.8 cm³/mol. The van der Waals surface area contributed by atoms with E-state index in [0.29, 0.717) is 0 Å². The monoisotopic (exact) mass is 264 g/mol. The van der Waals surface area contributed by atoms with Crippen LogP contribution in [0.4, 0.5) is 0 Å². The third-order valence-electron chi connectivity index (χ3n) is 3.41. The van der Waals surface area contributed by atoms with E-state index in [1.165, 1.54) is 5.56 Å². The van der Waals surface area contributed by atoms with Crippen LogP contribution in [0.25, 0.3) is 0 Å². The van der Waals surface area contributed by atoms with Crippen LogP contribution in [0.15, 0.2) is 30.3 Å². The first kappa shape index (κ1) is 13.4. The van der Waals surface area contributed by atoms with Gasteiger partial charge < -0.3 is 9.80 Å². The van der Waals surface area contributed by atoms with Gasteiger partial charge in [0, 0.05) is 19.6 Å². The van der Waals surface area contributed by atoms with Crippen LogP contribution in [0.2, 0.25) is 0 Å². The summed E-state index contributed by atoms with van der Waals surface area (Å²) in [5, 5.41) is -0.236. The molecule has 2 atom stereocenters. The van der Waals surface area contributed by atoms with Crippen LogP contribution in [0, 0.1) is 0 Å². The Hall–Kier alpha value is -1.00. The lowest BCUT2D eigenvalue weighted by atomic mass is 10.0. The van der Waals surface area contributed by atoms with E-state index in [0.717, 1.165) is 19.6 Å². The van der Waals surface area contributed by atoms with E-state index in [2.05, 4.69) is 36.7 Å². The molecule has 2 unspecified atom stereocenters. The Morgan fingerprint density at radius 3 is 2.61 bits per heavy atom. The molecule has 0 radical (unpaired) electrons. The van der Waals surface area contributed by atoms with E-state index in [4.69, 9.17) is 0 Å². The largest absolute Gasteiger partial charge is 0.332 e. The Labute approximate surface area is 114 Å². The van der Waals surface area contributed by atoms with Crippen molar-refractivity contribution in [2.75, 3.05) is 26.7 Å². The van der Waals surface area contributed by atoms with E-state index < -0.39 is 0 Å². The number of rotatable bonds is 2. The second kappa shape index (κ2) is 5.76. The van der Waals surface area contributed by atoms with Crippen molar-refractivity contribution < 1.29 is 4.79 Å². The van der Waals surface area contributed by atoms with Crippen LogP contribution in [0.1, 0.15) is 18.5 Å². The lowest BCUT2D eigenvalue weighted by Gasteiger charge is -2.41. The average molecular weight is 264 g/mol. The lowest BCUT2D eigenvalue weighted by molar-refractivity contribution is -0.135. The minimum atomic E-state index is -0.236. The molecule has 4 heteroatoms. The zero-order chi connectivity index (χ0) is 13.1. The quantitative estimate of drug-likeness (QED) is 0.824. The molecule has 1 heterocycles. The van der Waals surface area contributed by atoms with Gasteiger partial charge in [-0.15, -0.1) is 0 Å². The molecule has 1 saturated heterocycles. The molecule has 18 heavy (non-hydrogen) atoms. The van der Waals surface area contributed by atoms with Gasteiger partial charge in [-0.2, -0.15) is 12.6 Å². The molecule has 98 valence electrons. The van der Waals surface area contributed by atoms with Gasteiger partial charge in [-0.3, -0.25) is 4.79 Å². The van der Waals surface area contributed by atoms with Crippen LogP contribution in [0.3, 0.4) is 0 Å². The number of nitrogens with zero attached hydrogens (tertiary/aromatic N) is 2. The molecule has 0 aromatic heterocycles. The van der Waals surface area contributed by atoms with Gasteiger partial charge in [0.15, 0.2) is 0 Å². The van der Waals surface area contributed by atoms with Crippen LogP contribution in [-0.2, 0) is 4.79 Å². The number of thiol groups is 1. The summed E-state index contributed by atoms with van der Waals surface area (Å²) in [6.07, 6.45) is 0. The first-order chi connectivity index (χ1) is 8.59. The van der Waals surface area contributed by atoms with Gasteiger partial charge in [-0.25, -0.2) is 0 Å². The number of amides is 1. The van der Waals surface area contributed by atoms with Crippen molar-refractivity contribution in [1.29, 1.82) is 0 Å². The maximum atomic E-state index is 12.2. The fraction of sp³-hybridized carbons (Fsp3) is 0.500. The Kier molecular flexibility index (Phi) is 4.30. The Morgan fingerprint density at radius 2 is 2.00 bits per heavy atom. The Bertz CT molecular complexity index is 408. The van der Waals surface area contributed by atoms with Crippen molar-refractivity contribution in [3.05, 3.63) is 35.9 Å². The maximum absolute atomic E-state index is 12.2. The normalized spacial score (nSPS) is 22.8. The molecule has 1 aliphatic heterocycles. The van der Waals surface area contributed by atoms with E-state index in [1.54, 1.807) is 0 Å². The van der Waals surface area contributed by atoms with Crippen LogP contribution >= 0.6 is 12.6 Å². The van der Waals surface area contributed by atoms with E-state index in [1.807, 2.05) is 30.0 Å². The summed E-state index contributed by atoms with van der Waals surface area (Å²) < 4.78 is 0. The molecule has 1 fully saturated rings. The van der Waals surface area contributed by atoms with Gasteiger partial charge in [0.25, 0.3) is 0 Å². The van der Waals surface area contributed by atoms with Gasteiger partial charge in [-0.1, -0.05) is 30.3 Å². The van der Waals surface area contributed by atoms with Crippen LogP contribution in [-0.4, -0.2) is 47.6 Å². The Balaban J connectivity index is 2.24. The predicted octanol–water partition coefficient (Wildman–Crippen LogP) is 1.82. The number of hydrogen-bond donors (Lipinski definition) is 1. The van der Waals surface area contributed by atoms with Crippen molar-refractivity contribution in [1.82, 2.24) is 9.80 Å². The summed E-state index contributed by atoms with van der Waals surface area (Å²) in [5.74, 6) is 0.125.